The molecule has 0 unspecified atom stereocenters. The van der Waals surface area contributed by atoms with Gasteiger partial charge in [-0.2, -0.15) is 0 Å². The van der Waals surface area contributed by atoms with E-state index in [1.807, 2.05) is 0 Å². The average Bonchev–Trinajstić information content (AvgIpc) is 3.09. The van der Waals surface area contributed by atoms with Crippen molar-refractivity contribution in [3.8, 4) is 0 Å². The highest BCUT2D eigenvalue weighted by atomic mass is 16.1. The maximum atomic E-state index is 12.2. The summed E-state index contributed by atoms with van der Waals surface area (Å²) in [5.74, 6) is 0.533. The van der Waals surface area contributed by atoms with Crippen LogP contribution in [-0.2, 0) is 4.79 Å². The van der Waals surface area contributed by atoms with E-state index in [1.165, 1.54) is 257 Å². The molecule has 0 fully saturated rings. The van der Waals surface area contributed by atoms with Crippen molar-refractivity contribution >= 4 is 5.78 Å². The van der Waals surface area contributed by atoms with Gasteiger partial charge in [-0.1, -0.05) is 271 Å². The topological polar surface area (TPSA) is 17.1 Å². The predicted octanol–water partition coefficient (Wildman–Crippen LogP) is 17.8. The third-order valence-corrected chi connectivity index (χ3v) is 11.1. The second-order valence-corrected chi connectivity index (χ2v) is 16.2. The lowest BCUT2D eigenvalue weighted by molar-refractivity contribution is -0.119. The van der Waals surface area contributed by atoms with Crippen molar-refractivity contribution in [2.45, 2.75) is 296 Å². The summed E-state index contributed by atoms with van der Waals surface area (Å²) in [5, 5.41) is 0. The predicted molar refractivity (Wildman–Crippen MR) is 220 cm³/mol. The molecule has 0 atom stereocenters. The Hall–Kier alpha value is -0.330. The van der Waals surface area contributed by atoms with Crippen LogP contribution in [0.4, 0.5) is 0 Å². The minimum absolute atomic E-state index is 0.533. The number of hydrogen-bond acceptors (Lipinski definition) is 1. The maximum absolute atomic E-state index is 12.2. The number of unbranched alkanes of at least 4 members (excludes halogenated alkanes) is 40. The molecule has 0 saturated heterocycles. The molecule has 48 heavy (non-hydrogen) atoms. The van der Waals surface area contributed by atoms with Gasteiger partial charge in [-0.25, -0.2) is 0 Å². The second kappa shape index (κ2) is 44.7. The van der Waals surface area contributed by atoms with E-state index in [9.17, 15) is 4.79 Å². The Kier molecular flexibility index (Phi) is 44.4. The lowest BCUT2D eigenvalue weighted by Gasteiger charge is -2.05. The lowest BCUT2D eigenvalue weighted by Crippen LogP contribution is -1.97. The lowest BCUT2D eigenvalue weighted by atomic mass is 10.0. The van der Waals surface area contributed by atoms with E-state index in [0.717, 1.165) is 25.7 Å². The molecule has 0 aromatic heterocycles. The van der Waals surface area contributed by atoms with Crippen molar-refractivity contribution in [1.82, 2.24) is 0 Å². The van der Waals surface area contributed by atoms with Crippen LogP contribution >= 0.6 is 0 Å². The molecule has 0 aliphatic rings. The molecule has 0 saturated carbocycles. The molecule has 0 aliphatic carbocycles. The third-order valence-electron chi connectivity index (χ3n) is 11.1. The van der Waals surface area contributed by atoms with E-state index >= 15 is 0 Å². The minimum atomic E-state index is 0.533. The number of rotatable bonds is 44. The average molecular weight is 675 g/mol. The molecular formula is C47H94O. The Morgan fingerprint density at radius 1 is 0.208 bits per heavy atom. The van der Waals surface area contributed by atoms with Crippen LogP contribution in [0.15, 0.2) is 0 Å². The largest absolute Gasteiger partial charge is 0.300 e. The van der Waals surface area contributed by atoms with Crippen LogP contribution in [0.1, 0.15) is 296 Å². The van der Waals surface area contributed by atoms with E-state index in [2.05, 4.69) is 13.8 Å². The van der Waals surface area contributed by atoms with Crippen molar-refractivity contribution < 1.29 is 4.79 Å². The van der Waals surface area contributed by atoms with Crippen molar-refractivity contribution in [2.75, 3.05) is 0 Å². The summed E-state index contributed by atoms with van der Waals surface area (Å²) in [4.78, 5) is 12.2. The molecule has 288 valence electrons. The van der Waals surface area contributed by atoms with E-state index < -0.39 is 0 Å². The molecule has 0 rings (SSSR count). The molecule has 0 spiro atoms. The van der Waals surface area contributed by atoms with Crippen molar-refractivity contribution in [2.24, 2.45) is 0 Å². The quantitative estimate of drug-likeness (QED) is 0.0588. The van der Waals surface area contributed by atoms with Gasteiger partial charge in [0.15, 0.2) is 0 Å². The molecule has 0 aromatic carbocycles. The summed E-state index contributed by atoms with van der Waals surface area (Å²) in [6, 6.07) is 0. The standard InChI is InChI=1S/C47H94O/c1-3-5-7-9-11-13-15-17-19-21-23-24-25-26-27-28-30-32-34-36-38-40-42-44-46-47(48)45-43-41-39-37-35-33-31-29-22-20-18-16-14-12-10-8-6-4-2/h3-46H2,1-2H3. The summed E-state index contributed by atoms with van der Waals surface area (Å²) < 4.78 is 0. The van der Waals surface area contributed by atoms with E-state index in [-0.39, 0.29) is 0 Å². The highest BCUT2D eigenvalue weighted by Crippen LogP contribution is 2.17. The van der Waals surface area contributed by atoms with Gasteiger partial charge in [-0.3, -0.25) is 4.79 Å². The molecule has 0 aliphatic heterocycles. The summed E-state index contributed by atoms with van der Waals surface area (Å²) in [6.45, 7) is 4.61. The van der Waals surface area contributed by atoms with Crippen LogP contribution in [0.2, 0.25) is 0 Å². The van der Waals surface area contributed by atoms with Crippen LogP contribution in [0.3, 0.4) is 0 Å². The Morgan fingerprint density at radius 2 is 0.333 bits per heavy atom. The van der Waals surface area contributed by atoms with Crippen LogP contribution in [-0.4, -0.2) is 5.78 Å². The number of carbonyl (C=O) groups is 1. The van der Waals surface area contributed by atoms with Crippen LogP contribution in [0.5, 0.6) is 0 Å². The monoisotopic (exact) mass is 675 g/mol. The first-order chi connectivity index (χ1) is 23.8. The molecule has 0 heterocycles. The van der Waals surface area contributed by atoms with Gasteiger partial charge < -0.3 is 0 Å². The molecule has 1 heteroatoms. The zero-order valence-corrected chi connectivity index (χ0v) is 34.0. The van der Waals surface area contributed by atoms with Gasteiger partial charge in [0.25, 0.3) is 0 Å². The first-order valence-electron chi connectivity index (χ1n) is 23.3. The SMILES string of the molecule is CCCCCCCCCCCCCCCCCCCCCCCCCCC(=O)CCCCCCCCCCCCCCCCCCCC. The summed E-state index contributed by atoms with van der Waals surface area (Å²) >= 11 is 0. The molecule has 0 radical (unpaired) electrons. The zero-order valence-electron chi connectivity index (χ0n) is 34.0. The zero-order chi connectivity index (χ0) is 34.7. The smallest absolute Gasteiger partial charge is 0.132 e. The molecule has 0 aromatic rings. The number of Topliss-reactive ketones (excluding diaryl/α,β-unsaturated/α-hetero) is 1. The van der Waals surface area contributed by atoms with Gasteiger partial charge >= 0.3 is 0 Å². The first kappa shape index (κ1) is 47.7. The Balaban J connectivity index is 3.14. The Labute approximate surface area is 306 Å². The summed E-state index contributed by atoms with van der Waals surface area (Å²) in [6.07, 6.45) is 61.3. The van der Waals surface area contributed by atoms with Crippen molar-refractivity contribution in [3.05, 3.63) is 0 Å². The summed E-state index contributed by atoms with van der Waals surface area (Å²) in [7, 11) is 0. The highest BCUT2D eigenvalue weighted by molar-refractivity contribution is 5.78. The van der Waals surface area contributed by atoms with Gasteiger partial charge in [-0.05, 0) is 12.8 Å². The second-order valence-electron chi connectivity index (χ2n) is 16.2. The van der Waals surface area contributed by atoms with E-state index in [4.69, 9.17) is 0 Å². The molecule has 0 bridgehead atoms. The van der Waals surface area contributed by atoms with E-state index in [0.29, 0.717) is 5.78 Å². The fourth-order valence-electron chi connectivity index (χ4n) is 7.63. The molecule has 0 N–H and O–H groups in total. The third kappa shape index (κ3) is 43.7. The molecule has 0 amide bonds. The maximum Gasteiger partial charge on any atom is 0.132 e. The normalized spacial score (nSPS) is 11.5. The van der Waals surface area contributed by atoms with Gasteiger partial charge in [0, 0.05) is 12.8 Å². The summed E-state index contributed by atoms with van der Waals surface area (Å²) in [5.41, 5.74) is 0. The van der Waals surface area contributed by atoms with Crippen LogP contribution < -0.4 is 0 Å². The fraction of sp³-hybridized carbons (Fsp3) is 0.979. The highest BCUT2D eigenvalue weighted by Gasteiger charge is 2.03. The van der Waals surface area contributed by atoms with Gasteiger partial charge in [0.2, 0.25) is 0 Å². The van der Waals surface area contributed by atoms with Gasteiger partial charge in [-0.15, -0.1) is 0 Å². The van der Waals surface area contributed by atoms with Gasteiger partial charge in [0.05, 0.1) is 0 Å². The molecule has 1 nitrogen and oxygen atoms in total. The number of ketones is 1. The van der Waals surface area contributed by atoms with E-state index in [1.54, 1.807) is 0 Å². The minimum Gasteiger partial charge on any atom is -0.300 e. The number of hydrogen-bond donors (Lipinski definition) is 0. The first-order valence-corrected chi connectivity index (χ1v) is 23.3. The van der Waals surface area contributed by atoms with Gasteiger partial charge in [0.1, 0.15) is 5.78 Å². The fourth-order valence-corrected chi connectivity index (χ4v) is 7.63. The number of carbonyl (C=O) groups excluding carboxylic acids is 1. The van der Waals surface area contributed by atoms with Crippen LogP contribution in [0.25, 0.3) is 0 Å². The van der Waals surface area contributed by atoms with Crippen molar-refractivity contribution in [3.63, 3.8) is 0 Å². The van der Waals surface area contributed by atoms with Crippen LogP contribution in [0, 0.1) is 0 Å². The molecular weight excluding hydrogens is 581 g/mol. The Bertz CT molecular complexity index is 567. The van der Waals surface area contributed by atoms with Crippen molar-refractivity contribution in [1.29, 1.82) is 0 Å². The Morgan fingerprint density at radius 3 is 0.479 bits per heavy atom.